The van der Waals surface area contributed by atoms with Crippen molar-refractivity contribution in [2.45, 2.75) is 47.1 Å². The maximum absolute atomic E-state index is 10.8. The Balaban J connectivity index is 0.000000471. The molecule has 0 fully saturated rings. The van der Waals surface area contributed by atoms with Crippen LogP contribution in [0.3, 0.4) is 0 Å². The average Bonchev–Trinajstić information content (AvgIpc) is 2.67. The van der Waals surface area contributed by atoms with Crippen LogP contribution >= 0.6 is 0 Å². The lowest BCUT2D eigenvalue weighted by molar-refractivity contribution is -0.397. The van der Waals surface area contributed by atoms with Gasteiger partial charge in [-0.3, -0.25) is 0 Å². The third-order valence-electron chi connectivity index (χ3n) is 4.07. The molecule has 2 heterocycles. The van der Waals surface area contributed by atoms with Gasteiger partial charge in [0.05, 0.1) is 5.56 Å². The molecule has 0 aliphatic rings. The van der Waals surface area contributed by atoms with Gasteiger partial charge in [-0.2, -0.15) is 13.2 Å². The second-order valence-corrected chi connectivity index (χ2v) is 9.28. The van der Waals surface area contributed by atoms with E-state index in [1.807, 2.05) is 0 Å². The van der Waals surface area contributed by atoms with Crippen LogP contribution < -0.4 is 15.1 Å². The molecule has 9 nitrogen and oxygen atoms in total. The number of carbonyl (C=O) groups is 1. The molecule has 2 aromatic heterocycles. The topological polar surface area (TPSA) is 166 Å². The molecule has 3 aromatic rings. The third-order valence-corrected chi connectivity index (χ3v) is 4.64. The predicted octanol–water partition coefficient (Wildman–Crippen LogP) is 3.07. The zero-order chi connectivity index (χ0) is 29.1. The van der Waals surface area contributed by atoms with Crippen molar-refractivity contribution in [1.82, 2.24) is 0 Å². The molecule has 0 bridgehead atoms. The highest BCUT2D eigenvalue weighted by molar-refractivity contribution is 7.86. The molecule has 13 heteroatoms. The van der Waals surface area contributed by atoms with Crippen molar-refractivity contribution in [3.63, 3.8) is 0 Å². The summed E-state index contributed by atoms with van der Waals surface area (Å²) in [5.74, 6) is -2.71. The lowest BCUT2D eigenvalue weighted by Crippen LogP contribution is -2.21. The number of aromatic hydroxyl groups is 1. The Morgan fingerprint density at radius 3 is 1.38 bits per heavy atom. The summed E-state index contributed by atoms with van der Waals surface area (Å²) in [6.07, 6.45) is 0. The molecule has 204 valence electrons. The molecule has 1 aromatic carbocycles. The number of hydrogen-bond donors (Lipinski definition) is 2. The first-order valence-electron chi connectivity index (χ1n) is 10.4. The molecule has 0 amide bonds. The standard InChI is InChI=1S/2C8H11N.C7H6O4.CHF3O3S/c2*1-6-4-7(2)9-8(3)5-6;8-5-3-1-2-4(6(5)9)7(10)11;2-1(3,4)8(5,6)7/h2*4-5H,1-3H3;1-3,8-9H,(H,10,11);(H,5,6,7). The Hall–Kier alpha value is -3.71. The highest BCUT2D eigenvalue weighted by Gasteiger charge is 2.36. The van der Waals surface area contributed by atoms with Crippen LogP contribution in [0, 0.1) is 41.5 Å². The molecule has 0 saturated carbocycles. The maximum atomic E-state index is 10.8. The Bertz CT molecular complexity index is 1160. The van der Waals surface area contributed by atoms with Crippen molar-refractivity contribution in [1.29, 1.82) is 0 Å². The molecule has 4 N–H and O–H groups in total. The number of benzene rings is 1. The van der Waals surface area contributed by atoms with Crippen molar-refractivity contribution in [2.75, 3.05) is 0 Å². The number of carboxylic acid groups (broad SMARTS) is 1. The van der Waals surface area contributed by atoms with E-state index in [-0.39, 0.29) is 0 Å². The number of aromatic nitrogens is 2. The zero-order valence-corrected chi connectivity index (χ0v) is 21.8. The van der Waals surface area contributed by atoms with Gasteiger partial charge in [-0.15, -0.1) is 0 Å². The number of carboxylic acids is 1. The third kappa shape index (κ3) is 13.2. The quantitative estimate of drug-likeness (QED) is 0.349. The summed E-state index contributed by atoms with van der Waals surface area (Å²) in [6, 6.07) is 12.1. The van der Waals surface area contributed by atoms with Gasteiger partial charge in [0.15, 0.2) is 32.9 Å². The summed E-state index contributed by atoms with van der Waals surface area (Å²) in [5, 5.41) is 27.9. The summed E-state index contributed by atoms with van der Waals surface area (Å²) in [4.78, 5) is 16.7. The van der Waals surface area contributed by atoms with E-state index in [9.17, 15) is 23.1 Å². The van der Waals surface area contributed by atoms with Gasteiger partial charge in [0.1, 0.15) is 5.75 Å². The number of H-pyrrole nitrogens is 2. The van der Waals surface area contributed by atoms with Crippen LogP contribution in [0.15, 0.2) is 42.5 Å². The number of hydrogen-bond acceptors (Lipinski definition) is 6. The zero-order valence-electron chi connectivity index (χ0n) is 21.0. The van der Waals surface area contributed by atoms with Crippen molar-refractivity contribution in [2.24, 2.45) is 0 Å². The molecular formula is C24H29F3N2O7S. The summed E-state index contributed by atoms with van der Waals surface area (Å²) in [5.41, 5.74) is 1.50. The number of nitrogens with one attached hydrogen (secondary N) is 2. The molecule has 0 unspecified atom stereocenters. The fourth-order valence-corrected chi connectivity index (χ4v) is 2.91. The van der Waals surface area contributed by atoms with Crippen LogP contribution in [0.1, 0.15) is 44.3 Å². The van der Waals surface area contributed by atoms with Crippen LogP contribution in [0.4, 0.5) is 13.2 Å². The second kappa shape index (κ2) is 14.1. The lowest BCUT2D eigenvalue weighted by Gasteiger charge is -2.10. The van der Waals surface area contributed by atoms with E-state index in [1.54, 1.807) is 0 Å². The van der Waals surface area contributed by atoms with Crippen molar-refractivity contribution in [3.8, 4) is 11.5 Å². The number of aromatic carboxylic acids is 1. The van der Waals surface area contributed by atoms with Crippen molar-refractivity contribution in [3.05, 3.63) is 81.9 Å². The van der Waals surface area contributed by atoms with Gasteiger partial charge in [-0.1, -0.05) is 11.8 Å². The van der Waals surface area contributed by atoms with Crippen LogP contribution in [-0.4, -0.2) is 34.7 Å². The van der Waals surface area contributed by atoms with E-state index in [4.69, 9.17) is 23.2 Å². The number of aromatic amines is 2. The Morgan fingerprint density at radius 2 is 1.16 bits per heavy atom. The molecule has 0 saturated heterocycles. The smallest absolute Gasteiger partial charge is 0.485 e. The predicted molar refractivity (Wildman–Crippen MR) is 125 cm³/mol. The van der Waals surface area contributed by atoms with E-state index in [0.717, 1.165) is 12.1 Å². The minimum absolute atomic E-state index is 0.412. The van der Waals surface area contributed by atoms with Gasteiger partial charge >= 0.3 is 11.5 Å². The maximum Gasteiger partial charge on any atom is 0.485 e. The van der Waals surface area contributed by atoms with E-state index in [1.165, 1.54) is 40.0 Å². The van der Waals surface area contributed by atoms with Gasteiger partial charge in [0, 0.05) is 52.0 Å². The first kappa shape index (κ1) is 33.3. The van der Waals surface area contributed by atoms with Crippen LogP contribution in [0.2, 0.25) is 0 Å². The van der Waals surface area contributed by atoms with Crippen LogP contribution in [0.5, 0.6) is 11.5 Å². The van der Waals surface area contributed by atoms with Gasteiger partial charge in [-0.05, 0) is 37.1 Å². The number of pyridine rings is 2. The fraction of sp³-hybridized carbons (Fsp3) is 0.292. The normalized spacial score (nSPS) is 10.5. The van der Waals surface area contributed by atoms with Crippen LogP contribution in [-0.2, 0) is 10.1 Å². The van der Waals surface area contributed by atoms with Gasteiger partial charge in [0.25, 0.3) is 0 Å². The number of para-hydroxylation sites is 1. The van der Waals surface area contributed by atoms with Crippen molar-refractivity contribution < 1.29 is 56.2 Å². The van der Waals surface area contributed by atoms with Gasteiger partial charge in [-0.25, -0.2) is 23.2 Å². The number of alkyl halides is 3. The Kier molecular flexibility index (Phi) is 12.7. The molecule has 0 aliphatic heterocycles. The summed E-state index contributed by atoms with van der Waals surface area (Å²) < 4.78 is 58.9. The van der Waals surface area contributed by atoms with E-state index in [2.05, 4.69) is 75.8 Å². The molecule has 0 radical (unpaired) electrons. The van der Waals surface area contributed by atoms with E-state index >= 15 is 0 Å². The molecule has 3 rings (SSSR count). The molecular weight excluding hydrogens is 517 g/mol. The van der Waals surface area contributed by atoms with Crippen molar-refractivity contribution >= 4 is 16.1 Å². The average molecular weight is 547 g/mol. The largest absolute Gasteiger partial charge is 0.869 e. The number of halogens is 3. The molecule has 0 spiro atoms. The number of rotatable bonds is 1. The number of phenolic OH excluding ortho intramolecular Hbond substituents is 1. The minimum atomic E-state index is -6.09. The van der Waals surface area contributed by atoms with Gasteiger partial charge in [0.2, 0.25) is 0 Å². The highest BCUT2D eigenvalue weighted by Crippen LogP contribution is 2.24. The summed E-state index contributed by atoms with van der Waals surface area (Å²) in [6.45, 7) is 12.5. The number of phenols is 1. The second-order valence-electron chi connectivity index (χ2n) is 7.91. The Labute approximate surface area is 213 Å². The van der Waals surface area contributed by atoms with E-state index in [0.29, 0.717) is 0 Å². The summed E-state index contributed by atoms with van der Waals surface area (Å²) >= 11 is 0. The number of aryl methyl sites for hydroxylation is 6. The fourth-order valence-electron chi connectivity index (χ4n) is 2.91. The molecule has 0 atom stereocenters. The molecule has 37 heavy (non-hydrogen) atoms. The van der Waals surface area contributed by atoms with Gasteiger partial charge < -0.3 is 19.9 Å². The first-order chi connectivity index (χ1) is 16.7. The lowest BCUT2D eigenvalue weighted by atomic mass is 10.2. The summed E-state index contributed by atoms with van der Waals surface area (Å²) in [7, 11) is -6.09. The minimum Gasteiger partial charge on any atom is -0.869 e. The van der Waals surface area contributed by atoms with E-state index < -0.39 is 38.7 Å². The Morgan fingerprint density at radius 1 is 0.838 bits per heavy atom. The van der Waals surface area contributed by atoms with Crippen LogP contribution in [0.25, 0.3) is 0 Å². The highest BCUT2D eigenvalue weighted by atomic mass is 32.2. The molecule has 0 aliphatic carbocycles. The first-order valence-corrected chi connectivity index (χ1v) is 11.8. The SMILES string of the molecule is Cc1cc(C)[nH+]c(C)c1.Cc1cc(C)[nH+]c(C)c1.O=C(O)c1cccc(O)c1[O-].O=S(=O)([O-])C(F)(F)F. The monoisotopic (exact) mass is 546 g/mol.